The van der Waals surface area contributed by atoms with E-state index in [-0.39, 0.29) is 12.0 Å². The van der Waals surface area contributed by atoms with Crippen molar-refractivity contribution in [2.24, 2.45) is 5.92 Å². The van der Waals surface area contributed by atoms with Crippen LogP contribution in [0.25, 0.3) is 0 Å². The fraction of sp³-hybridized carbons (Fsp3) is 0.632. The Morgan fingerprint density at radius 3 is 2.83 bits per heavy atom. The van der Waals surface area contributed by atoms with E-state index in [1.165, 1.54) is 12.8 Å². The van der Waals surface area contributed by atoms with Crippen molar-refractivity contribution >= 4 is 5.91 Å². The fourth-order valence-corrected chi connectivity index (χ4v) is 3.37. The minimum atomic E-state index is 0.00659. The number of carbonyl (C=O) groups is 1. The van der Waals surface area contributed by atoms with Crippen LogP contribution in [0.5, 0.6) is 5.75 Å². The lowest BCUT2D eigenvalue weighted by atomic mass is 9.87. The van der Waals surface area contributed by atoms with Gasteiger partial charge in [0.15, 0.2) is 0 Å². The smallest absolute Gasteiger partial charge is 0.251 e. The molecule has 1 aromatic carbocycles. The normalized spacial score (nSPS) is 27.6. The number of rotatable bonds is 5. The maximum absolute atomic E-state index is 12.4. The Labute approximate surface area is 138 Å². The number of carbonyl (C=O) groups excluding carboxylic acids is 1. The quantitative estimate of drug-likeness (QED) is 0.903. The van der Waals surface area contributed by atoms with E-state index < -0.39 is 0 Å². The second-order valence-corrected chi connectivity index (χ2v) is 6.90. The molecule has 1 aromatic rings. The Hall–Kier alpha value is -1.55. The van der Waals surface area contributed by atoms with Gasteiger partial charge in [0.25, 0.3) is 5.91 Å². The molecule has 1 amide bonds. The summed E-state index contributed by atoms with van der Waals surface area (Å²) < 4.78 is 11.3. The molecular formula is C19H27NO3. The van der Waals surface area contributed by atoms with E-state index in [0.29, 0.717) is 18.2 Å². The van der Waals surface area contributed by atoms with Crippen LogP contribution in [0.3, 0.4) is 0 Å². The first kappa shape index (κ1) is 16.3. The zero-order chi connectivity index (χ0) is 16.1. The van der Waals surface area contributed by atoms with Crippen LogP contribution in [0.1, 0.15) is 55.8 Å². The van der Waals surface area contributed by atoms with Crippen LogP contribution >= 0.6 is 0 Å². The van der Waals surface area contributed by atoms with Crippen molar-refractivity contribution < 1.29 is 14.3 Å². The first-order chi connectivity index (χ1) is 11.2. The molecule has 2 fully saturated rings. The molecule has 1 atom stereocenters. The molecule has 0 radical (unpaired) electrons. The highest BCUT2D eigenvalue weighted by molar-refractivity contribution is 5.94. The summed E-state index contributed by atoms with van der Waals surface area (Å²) in [5, 5.41) is 3.16. The molecule has 0 aromatic heterocycles. The third-order valence-corrected chi connectivity index (χ3v) is 4.91. The lowest BCUT2D eigenvalue weighted by Gasteiger charge is -2.27. The van der Waals surface area contributed by atoms with Gasteiger partial charge in [-0.2, -0.15) is 0 Å². The molecule has 1 aliphatic carbocycles. The largest absolute Gasteiger partial charge is 0.491 e. The molecule has 0 spiro atoms. The van der Waals surface area contributed by atoms with Gasteiger partial charge in [0.1, 0.15) is 12.4 Å². The van der Waals surface area contributed by atoms with Crippen molar-refractivity contribution in [2.45, 2.75) is 57.6 Å². The summed E-state index contributed by atoms with van der Waals surface area (Å²) in [7, 11) is 0. The Kier molecular flexibility index (Phi) is 5.55. The van der Waals surface area contributed by atoms with Gasteiger partial charge in [-0.3, -0.25) is 4.79 Å². The third-order valence-electron chi connectivity index (χ3n) is 4.91. The minimum Gasteiger partial charge on any atom is -0.491 e. The molecule has 1 saturated heterocycles. The van der Waals surface area contributed by atoms with Crippen LogP contribution in [0.2, 0.25) is 0 Å². The third kappa shape index (κ3) is 4.71. The van der Waals surface area contributed by atoms with E-state index in [9.17, 15) is 4.79 Å². The standard InChI is InChI=1S/C19H27NO3/c1-14-7-9-16(10-8-14)20-19(21)15-4-2-5-17(12-15)23-13-18-6-3-11-22-18/h2,4-5,12,14,16,18H,3,6-11,13H2,1H3,(H,20,21). The number of benzene rings is 1. The van der Waals surface area contributed by atoms with Crippen molar-refractivity contribution in [3.63, 3.8) is 0 Å². The van der Waals surface area contributed by atoms with E-state index >= 15 is 0 Å². The highest BCUT2D eigenvalue weighted by atomic mass is 16.5. The number of amides is 1. The number of ether oxygens (including phenoxy) is 2. The molecule has 126 valence electrons. The van der Waals surface area contributed by atoms with Crippen molar-refractivity contribution in [2.75, 3.05) is 13.2 Å². The van der Waals surface area contributed by atoms with Crippen LogP contribution in [0.15, 0.2) is 24.3 Å². The second-order valence-electron chi connectivity index (χ2n) is 6.90. The Balaban J connectivity index is 1.52. The molecule has 2 aliphatic rings. The molecular weight excluding hydrogens is 290 g/mol. The van der Waals surface area contributed by atoms with E-state index in [4.69, 9.17) is 9.47 Å². The number of hydrogen-bond donors (Lipinski definition) is 1. The molecule has 1 unspecified atom stereocenters. The molecule has 23 heavy (non-hydrogen) atoms. The van der Waals surface area contributed by atoms with Crippen LogP contribution in [0, 0.1) is 5.92 Å². The van der Waals surface area contributed by atoms with Crippen LogP contribution in [-0.2, 0) is 4.74 Å². The highest BCUT2D eigenvalue weighted by Crippen LogP contribution is 2.24. The van der Waals surface area contributed by atoms with Gasteiger partial charge in [0, 0.05) is 18.2 Å². The average molecular weight is 317 g/mol. The van der Waals surface area contributed by atoms with Gasteiger partial charge < -0.3 is 14.8 Å². The highest BCUT2D eigenvalue weighted by Gasteiger charge is 2.20. The summed E-state index contributed by atoms with van der Waals surface area (Å²) >= 11 is 0. The zero-order valence-corrected chi connectivity index (χ0v) is 13.9. The van der Waals surface area contributed by atoms with Crippen LogP contribution in [-0.4, -0.2) is 31.3 Å². The van der Waals surface area contributed by atoms with Gasteiger partial charge in [-0.25, -0.2) is 0 Å². The molecule has 4 heteroatoms. The molecule has 1 N–H and O–H groups in total. The second kappa shape index (κ2) is 7.82. The lowest BCUT2D eigenvalue weighted by molar-refractivity contribution is 0.0679. The van der Waals surface area contributed by atoms with Crippen LogP contribution in [0.4, 0.5) is 0 Å². The molecule has 1 heterocycles. The SMILES string of the molecule is CC1CCC(NC(=O)c2cccc(OCC3CCCO3)c2)CC1. The fourth-order valence-electron chi connectivity index (χ4n) is 3.37. The number of hydrogen-bond acceptors (Lipinski definition) is 3. The van der Waals surface area contributed by atoms with E-state index in [1.807, 2.05) is 24.3 Å². The van der Waals surface area contributed by atoms with Gasteiger partial charge in [0.05, 0.1) is 6.10 Å². The van der Waals surface area contributed by atoms with Crippen LogP contribution < -0.4 is 10.1 Å². The van der Waals surface area contributed by atoms with E-state index in [2.05, 4.69) is 12.2 Å². The monoisotopic (exact) mass is 317 g/mol. The van der Waals surface area contributed by atoms with E-state index in [0.717, 1.165) is 44.0 Å². The van der Waals surface area contributed by atoms with Gasteiger partial charge in [-0.05, 0) is 62.6 Å². The molecule has 1 aliphatic heterocycles. The summed E-state index contributed by atoms with van der Waals surface area (Å²) in [6.07, 6.45) is 6.93. The first-order valence-electron chi connectivity index (χ1n) is 8.86. The average Bonchev–Trinajstić information content (AvgIpc) is 3.09. The maximum atomic E-state index is 12.4. The predicted octanol–water partition coefficient (Wildman–Crippen LogP) is 3.55. The van der Waals surface area contributed by atoms with Crippen molar-refractivity contribution in [1.82, 2.24) is 5.32 Å². The molecule has 3 rings (SSSR count). The summed E-state index contributed by atoms with van der Waals surface area (Å²) in [4.78, 5) is 12.4. The Morgan fingerprint density at radius 2 is 2.09 bits per heavy atom. The van der Waals surface area contributed by atoms with Crippen molar-refractivity contribution in [3.8, 4) is 5.75 Å². The maximum Gasteiger partial charge on any atom is 0.251 e. The zero-order valence-electron chi connectivity index (χ0n) is 13.9. The lowest BCUT2D eigenvalue weighted by Crippen LogP contribution is -2.37. The molecule has 4 nitrogen and oxygen atoms in total. The van der Waals surface area contributed by atoms with Crippen molar-refractivity contribution in [3.05, 3.63) is 29.8 Å². The Bertz CT molecular complexity index is 517. The molecule has 1 saturated carbocycles. The first-order valence-corrected chi connectivity index (χ1v) is 8.86. The van der Waals surface area contributed by atoms with Crippen molar-refractivity contribution in [1.29, 1.82) is 0 Å². The number of nitrogens with one attached hydrogen (secondary N) is 1. The topological polar surface area (TPSA) is 47.6 Å². The summed E-state index contributed by atoms with van der Waals surface area (Å²) in [6.45, 7) is 3.68. The van der Waals surface area contributed by atoms with Gasteiger partial charge in [-0.15, -0.1) is 0 Å². The summed E-state index contributed by atoms with van der Waals surface area (Å²) in [5.74, 6) is 1.54. The molecule has 0 bridgehead atoms. The van der Waals surface area contributed by atoms with Gasteiger partial charge >= 0.3 is 0 Å². The van der Waals surface area contributed by atoms with E-state index in [1.54, 1.807) is 0 Å². The minimum absolute atomic E-state index is 0.00659. The van der Waals surface area contributed by atoms with Gasteiger partial charge in [-0.1, -0.05) is 13.0 Å². The summed E-state index contributed by atoms with van der Waals surface area (Å²) in [6, 6.07) is 7.77. The predicted molar refractivity (Wildman–Crippen MR) is 89.8 cm³/mol. The summed E-state index contributed by atoms with van der Waals surface area (Å²) in [5.41, 5.74) is 0.675. The Morgan fingerprint density at radius 1 is 1.26 bits per heavy atom. The van der Waals surface area contributed by atoms with Gasteiger partial charge in [0.2, 0.25) is 0 Å².